The molecule has 3 rings (SSSR count). The molecule has 2 aromatic carbocycles. The molecule has 1 fully saturated rings. The SMILES string of the molecule is C/C(=N/N=C(N)S[C@H]1CC(=O)N(c2ccc(Cl)cc2)C1=O)c1ccc(Cl)cc1. The lowest BCUT2D eigenvalue weighted by Crippen LogP contribution is -2.31. The van der Waals surface area contributed by atoms with Gasteiger partial charge in [-0.05, 0) is 48.9 Å². The number of anilines is 1. The first-order valence-corrected chi connectivity index (χ1v) is 9.91. The summed E-state index contributed by atoms with van der Waals surface area (Å²) >= 11 is 12.7. The highest BCUT2D eigenvalue weighted by Crippen LogP contribution is 2.30. The van der Waals surface area contributed by atoms with Crippen molar-refractivity contribution in [3.8, 4) is 0 Å². The van der Waals surface area contributed by atoms with E-state index in [4.69, 9.17) is 28.9 Å². The van der Waals surface area contributed by atoms with E-state index in [9.17, 15) is 9.59 Å². The maximum Gasteiger partial charge on any atom is 0.247 e. The van der Waals surface area contributed by atoms with E-state index in [0.29, 0.717) is 21.4 Å². The number of imide groups is 1. The first-order chi connectivity index (χ1) is 13.3. The van der Waals surface area contributed by atoms with Crippen molar-refractivity contribution in [3.05, 3.63) is 64.1 Å². The fraction of sp³-hybridized carbons (Fsp3) is 0.158. The Kier molecular flexibility index (Phi) is 6.39. The van der Waals surface area contributed by atoms with Gasteiger partial charge in [0.05, 0.1) is 11.4 Å². The number of hydrogen-bond donors (Lipinski definition) is 1. The van der Waals surface area contributed by atoms with Crippen LogP contribution in [0.3, 0.4) is 0 Å². The van der Waals surface area contributed by atoms with Crippen LogP contribution in [-0.4, -0.2) is 27.9 Å². The topological polar surface area (TPSA) is 88.1 Å². The second kappa shape index (κ2) is 8.77. The van der Waals surface area contributed by atoms with Crippen LogP contribution in [0, 0.1) is 0 Å². The van der Waals surface area contributed by atoms with Crippen molar-refractivity contribution >= 4 is 63.3 Å². The zero-order valence-corrected chi connectivity index (χ0v) is 17.1. The summed E-state index contributed by atoms with van der Waals surface area (Å²) in [6.07, 6.45) is 0.0439. The Balaban J connectivity index is 1.69. The van der Waals surface area contributed by atoms with Crippen LogP contribution < -0.4 is 10.6 Å². The number of carbonyl (C=O) groups excluding carboxylic acids is 2. The van der Waals surface area contributed by atoms with Crippen molar-refractivity contribution in [2.24, 2.45) is 15.9 Å². The molecule has 2 N–H and O–H groups in total. The van der Waals surface area contributed by atoms with E-state index < -0.39 is 5.25 Å². The summed E-state index contributed by atoms with van der Waals surface area (Å²) in [6, 6.07) is 13.7. The number of carbonyl (C=O) groups is 2. The lowest BCUT2D eigenvalue weighted by Gasteiger charge is -2.14. The average Bonchev–Trinajstić information content (AvgIpc) is 2.94. The number of thioether (sulfide) groups is 1. The van der Waals surface area contributed by atoms with Gasteiger partial charge in [-0.15, -0.1) is 5.10 Å². The van der Waals surface area contributed by atoms with Gasteiger partial charge in [0, 0.05) is 16.5 Å². The Morgan fingerprint density at radius 3 is 2.21 bits per heavy atom. The predicted molar refractivity (Wildman–Crippen MR) is 115 cm³/mol. The largest absolute Gasteiger partial charge is 0.377 e. The number of halogens is 2. The van der Waals surface area contributed by atoms with E-state index in [1.807, 2.05) is 12.1 Å². The van der Waals surface area contributed by atoms with E-state index in [-0.39, 0.29) is 23.4 Å². The molecule has 28 heavy (non-hydrogen) atoms. The van der Waals surface area contributed by atoms with Gasteiger partial charge in [0.1, 0.15) is 5.25 Å². The summed E-state index contributed by atoms with van der Waals surface area (Å²) in [5, 5.41) is 8.68. The van der Waals surface area contributed by atoms with E-state index in [1.54, 1.807) is 43.3 Å². The van der Waals surface area contributed by atoms with Gasteiger partial charge in [-0.2, -0.15) is 5.10 Å². The fourth-order valence-electron chi connectivity index (χ4n) is 2.60. The average molecular weight is 435 g/mol. The van der Waals surface area contributed by atoms with E-state index in [1.165, 1.54) is 0 Å². The summed E-state index contributed by atoms with van der Waals surface area (Å²) in [5.41, 5.74) is 7.89. The number of amidine groups is 1. The Morgan fingerprint density at radius 1 is 1.04 bits per heavy atom. The van der Waals surface area contributed by atoms with Crippen LogP contribution in [0.5, 0.6) is 0 Å². The molecule has 0 spiro atoms. The van der Waals surface area contributed by atoms with Crippen LogP contribution >= 0.6 is 35.0 Å². The van der Waals surface area contributed by atoms with Crippen molar-refractivity contribution < 1.29 is 9.59 Å². The predicted octanol–water partition coefficient (Wildman–Crippen LogP) is 4.10. The Labute approximate surface area is 176 Å². The number of amides is 2. The van der Waals surface area contributed by atoms with Gasteiger partial charge in [0.25, 0.3) is 0 Å². The fourth-order valence-corrected chi connectivity index (χ4v) is 3.66. The van der Waals surface area contributed by atoms with Gasteiger partial charge in [0.2, 0.25) is 11.8 Å². The van der Waals surface area contributed by atoms with Crippen molar-refractivity contribution in [2.45, 2.75) is 18.6 Å². The van der Waals surface area contributed by atoms with Gasteiger partial charge in [-0.3, -0.25) is 9.59 Å². The first-order valence-electron chi connectivity index (χ1n) is 8.28. The zero-order chi connectivity index (χ0) is 20.3. The normalized spacial score (nSPS) is 18.1. The molecule has 1 atom stereocenters. The molecule has 1 aliphatic heterocycles. The monoisotopic (exact) mass is 434 g/mol. The summed E-state index contributed by atoms with van der Waals surface area (Å²) in [7, 11) is 0. The molecular weight excluding hydrogens is 419 g/mol. The van der Waals surface area contributed by atoms with Crippen LogP contribution in [0.25, 0.3) is 0 Å². The molecule has 144 valence electrons. The highest BCUT2D eigenvalue weighted by Gasteiger charge is 2.40. The van der Waals surface area contributed by atoms with Crippen LogP contribution in [0.4, 0.5) is 5.69 Å². The molecule has 1 aliphatic rings. The van der Waals surface area contributed by atoms with Gasteiger partial charge in [0.15, 0.2) is 5.17 Å². The maximum absolute atomic E-state index is 12.6. The molecule has 0 radical (unpaired) electrons. The van der Waals surface area contributed by atoms with Crippen molar-refractivity contribution in [1.29, 1.82) is 0 Å². The molecule has 9 heteroatoms. The summed E-state index contributed by atoms with van der Waals surface area (Å²) < 4.78 is 0. The molecule has 0 saturated carbocycles. The van der Waals surface area contributed by atoms with E-state index in [2.05, 4.69) is 10.2 Å². The minimum Gasteiger partial charge on any atom is -0.377 e. The molecule has 0 unspecified atom stereocenters. The zero-order valence-electron chi connectivity index (χ0n) is 14.8. The molecule has 1 saturated heterocycles. The van der Waals surface area contributed by atoms with Gasteiger partial charge in [-0.1, -0.05) is 47.1 Å². The van der Waals surface area contributed by atoms with Gasteiger partial charge < -0.3 is 5.73 Å². The van der Waals surface area contributed by atoms with Gasteiger partial charge >= 0.3 is 0 Å². The lowest BCUT2D eigenvalue weighted by atomic mass is 10.1. The highest BCUT2D eigenvalue weighted by molar-refractivity contribution is 8.14. The number of nitrogens with two attached hydrogens (primary N) is 1. The smallest absolute Gasteiger partial charge is 0.247 e. The van der Waals surface area contributed by atoms with Crippen LogP contribution in [-0.2, 0) is 9.59 Å². The number of nitrogens with zero attached hydrogens (tertiary/aromatic N) is 3. The summed E-state index contributed by atoms with van der Waals surface area (Å²) in [4.78, 5) is 26.0. The molecule has 2 amide bonds. The van der Waals surface area contributed by atoms with Crippen LogP contribution in [0.15, 0.2) is 58.7 Å². The highest BCUT2D eigenvalue weighted by atomic mass is 35.5. The van der Waals surface area contributed by atoms with Crippen molar-refractivity contribution in [2.75, 3.05) is 4.90 Å². The molecule has 0 aromatic heterocycles. The maximum atomic E-state index is 12.6. The van der Waals surface area contributed by atoms with Crippen LogP contribution in [0.2, 0.25) is 10.0 Å². The second-order valence-corrected chi connectivity index (χ2v) is 8.08. The van der Waals surface area contributed by atoms with Crippen LogP contribution in [0.1, 0.15) is 18.9 Å². The third kappa shape index (κ3) is 4.73. The lowest BCUT2D eigenvalue weighted by molar-refractivity contribution is -0.121. The quantitative estimate of drug-likeness (QED) is 0.339. The number of hydrogen-bond acceptors (Lipinski definition) is 5. The summed E-state index contributed by atoms with van der Waals surface area (Å²) in [5.74, 6) is -0.632. The van der Waals surface area contributed by atoms with Crippen molar-refractivity contribution in [1.82, 2.24) is 0 Å². The molecule has 2 aromatic rings. The number of benzene rings is 2. The molecule has 1 heterocycles. The van der Waals surface area contributed by atoms with E-state index in [0.717, 1.165) is 22.2 Å². The number of rotatable bonds is 4. The minimum atomic E-state index is -0.641. The molecule has 6 nitrogen and oxygen atoms in total. The van der Waals surface area contributed by atoms with E-state index >= 15 is 0 Å². The van der Waals surface area contributed by atoms with Gasteiger partial charge in [-0.25, -0.2) is 4.90 Å². The molecule has 0 aliphatic carbocycles. The Bertz CT molecular complexity index is 959. The first kappa shape index (κ1) is 20.4. The summed E-state index contributed by atoms with van der Waals surface area (Å²) in [6.45, 7) is 1.79. The molecular formula is C19H16Cl2N4O2S. The Hall–Kier alpha value is -2.35. The third-order valence-electron chi connectivity index (χ3n) is 4.01. The standard InChI is InChI=1S/C19H16Cl2N4O2S/c1-11(12-2-4-13(20)5-3-12)23-24-19(22)28-16-10-17(26)25(18(16)27)15-8-6-14(21)7-9-15/h2-9,16H,10H2,1H3,(H2,22,24)/b23-11-/t16-/m0/s1. The Morgan fingerprint density at radius 2 is 1.61 bits per heavy atom. The third-order valence-corrected chi connectivity index (χ3v) is 5.49. The minimum absolute atomic E-state index is 0.0439. The van der Waals surface area contributed by atoms with Crippen molar-refractivity contribution in [3.63, 3.8) is 0 Å². The second-order valence-electron chi connectivity index (χ2n) is 5.98. The molecule has 0 bridgehead atoms.